The van der Waals surface area contributed by atoms with Gasteiger partial charge in [-0.15, -0.1) is 0 Å². The molecule has 1 amide bonds. The minimum Gasteiger partial charge on any atom is -0.454 e. The third-order valence-corrected chi connectivity index (χ3v) is 5.13. The number of hydrogen-bond acceptors (Lipinski definition) is 5. The summed E-state index contributed by atoms with van der Waals surface area (Å²) in [5.74, 6) is 1.18. The summed E-state index contributed by atoms with van der Waals surface area (Å²) in [5, 5.41) is 2.77. The van der Waals surface area contributed by atoms with Crippen LogP contribution in [0.3, 0.4) is 0 Å². The zero-order valence-electron chi connectivity index (χ0n) is 15.9. The Bertz CT molecular complexity index is 866. The number of fused-ring (bicyclic) bond motifs is 1. The maximum Gasteiger partial charge on any atom is 0.238 e. The Morgan fingerprint density at radius 2 is 1.79 bits per heavy atom. The van der Waals surface area contributed by atoms with E-state index in [9.17, 15) is 9.18 Å². The highest BCUT2D eigenvalue weighted by Gasteiger charge is 2.20. The summed E-state index contributed by atoms with van der Waals surface area (Å²) in [6.45, 7) is 6.56. The van der Waals surface area contributed by atoms with Crippen LogP contribution in [0.4, 0.5) is 10.1 Å². The molecule has 0 spiro atoms. The molecule has 1 N–H and O–H groups in total. The number of carbonyl (C=O) groups excluding carboxylic acids is 1. The highest BCUT2D eigenvalue weighted by molar-refractivity contribution is 5.92. The summed E-state index contributed by atoms with van der Waals surface area (Å²) in [5.41, 5.74) is 2.25. The molecule has 0 saturated carbocycles. The Labute approximate surface area is 163 Å². The second-order valence-corrected chi connectivity index (χ2v) is 7.25. The Morgan fingerprint density at radius 1 is 1.04 bits per heavy atom. The summed E-state index contributed by atoms with van der Waals surface area (Å²) in [7, 11) is 0. The summed E-state index contributed by atoms with van der Waals surface area (Å²) in [6.07, 6.45) is 0. The molecular formula is C21H24FN3O3. The van der Waals surface area contributed by atoms with Crippen molar-refractivity contribution in [1.82, 2.24) is 9.80 Å². The van der Waals surface area contributed by atoms with Crippen LogP contribution < -0.4 is 14.8 Å². The van der Waals surface area contributed by atoms with Crippen LogP contribution in [0.5, 0.6) is 11.5 Å². The van der Waals surface area contributed by atoms with Crippen LogP contribution in [0.1, 0.15) is 11.1 Å². The van der Waals surface area contributed by atoms with E-state index in [4.69, 9.17) is 9.47 Å². The molecule has 2 heterocycles. The molecule has 148 valence electrons. The molecular weight excluding hydrogens is 361 g/mol. The number of aryl methyl sites for hydroxylation is 1. The number of carbonyl (C=O) groups is 1. The van der Waals surface area contributed by atoms with Gasteiger partial charge in [-0.2, -0.15) is 0 Å². The fraction of sp³-hybridized carbons (Fsp3) is 0.381. The van der Waals surface area contributed by atoms with Gasteiger partial charge in [-0.3, -0.25) is 14.6 Å². The number of nitrogens with one attached hydrogen (secondary N) is 1. The summed E-state index contributed by atoms with van der Waals surface area (Å²) in [4.78, 5) is 16.7. The zero-order chi connectivity index (χ0) is 19.5. The van der Waals surface area contributed by atoms with Gasteiger partial charge in [0.25, 0.3) is 0 Å². The first-order chi connectivity index (χ1) is 13.6. The van der Waals surface area contributed by atoms with Crippen molar-refractivity contribution in [1.29, 1.82) is 0 Å². The lowest BCUT2D eigenvalue weighted by molar-refractivity contribution is -0.117. The average molecular weight is 385 g/mol. The molecule has 2 aromatic rings. The van der Waals surface area contributed by atoms with Crippen molar-refractivity contribution in [3.63, 3.8) is 0 Å². The van der Waals surface area contributed by atoms with Gasteiger partial charge in [-0.25, -0.2) is 4.39 Å². The third kappa shape index (κ3) is 4.43. The quantitative estimate of drug-likeness (QED) is 0.858. The summed E-state index contributed by atoms with van der Waals surface area (Å²) in [6, 6.07) is 10.8. The van der Waals surface area contributed by atoms with Crippen LogP contribution in [0.2, 0.25) is 0 Å². The topological polar surface area (TPSA) is 54.0 Å². The largest absolute Gasteiger partial charge is 0.454 e. The molecule has 1 fully saturated rings. The van der Waals surface area contributed by atoms with E-state index in [1.165, 1.54) is 11.6 Å². The van der Waals surface area contributed by atoms with Crippen molar-refractivity contribution in [2.24, 2.45) is 0 Å². The fourth-order valence-corrected chi connectivity index (χ4v) is 3.48. The smallest absolute Gasteiger partial charge is 0.238 e. The second kappa shape index (κ2) is 8.16. The van der Waals surface area contributed by atoms with E-state index in [1.54, 1.807) is 19.1 Å². The first kappa shape index (κ1) is 18.7. The predicted octanol–water partition coefficient (Wildman–Crippen LogP) is 2.62. The van der Waals surface area contributed by atoms with Gasteiger partial charge < -0.3 is 14.8 Å². The van der Waals surface area contributed by atoms with E-state index < -0.39 is 0 Å². The van der Waals surface area contributed by atoms with Crippen LogP contribution in [0.15, 0.2) is 36.4 Å². The number of nitrogens with zero attached hydrogens (tertiary/aromatic N) is 2. The van der Waals surface area contributed by atoms with E-state index in [2.05, 4.69) is 21.2 Å². The van der Waals surface area contributed by atoms with Crippen molar-refractivity contribution in [2.75, 3.05) is 44.8 Å². The number of anilines is 1. The average Bonchev–Trinajstić information content (AvgIpc) is 3.14. The van der Waals surface area contributed by atoms with Crippen LogP contribution >= 0.6 is 0 Å². The maximum atomic E-state index is 13.6. The molecule has 6 nitrogen and oxygen atoms in total. The number of amides is 1. The third-order valence-electron chi connectivity index (χ3n) is 5.13. The standard InChI is InChI=1S/C21H24FN3O3/c1-15-2-4-17(11-18(15)22)23-21(26)13-25-8-6-24(7-9-25)12-16-3-5-19-20(10-16)28-14-27-19/h2-5,10-11H,6-9,12-14H2,1H3,(H,23,26). The summed E-state index contributed by atoms with van der Waals surface area (Å²) >= 11 is 0. The highest BCUT2D eigenvalue weighted by Crippen LogP contribution is 2.32. The molecule has 1 saturated heterocycles. The maximum absolute atomic E-state index is 13.6. The van der Waals surface area contributed by atoms with Crippen LogP contribution in [-0.4, -0.2) is 55.2 Å². The van der Waals surface area contributed by atoms with Gasteiger partial charge in [0, 0.05) is 38.4 Å². The highest BCUT2D eigenvalue weighted by atomic mass is 19.1. The Morgan fingerprint density at radius 3 is 2.57 bits per heavy atom. The molecule has 0 atom stereocenters. The Kier molecular flexibility index (Phi) is 5.45. The van der Waals surface area contributed by atoms with Gasteiger partial charge in [0.2, 0.25) is 12.7 Å². The molecule has 0 unspecified atom stereocenters. The SMILES string of the molecule is Cc1ccc(NC(=O)CN2CCN(Cc3ccc4c(c3)OCO4)CC2)cc1F. The lowest BCUT2D eigenvalue weighted by Crippen LogP contribution is -2.48. The monoisotopic (exact) mass is 385 g/mol. The normalized spacial score (nSPS) is 16.9. The minimum absolute atomic E-state index is 0.118. The van der Waals surface area contributed by atoms with Gasteiger partial charge in [-0.05, 0) is 42.3 Å². The lowest BCUT2D eigenvalue weighted by Gasteiger charge is -2.34. The number of benzene rings is 2. The molecule has 0 bridgehead atoms. The first-order valence-electron chi connectivity index (χ1n) is 9.46. The van der Waals surface area contributed by atoms with Crippen molar-refractivity contribution in [2.45, 2.75) is 13.5 Å². The van der Waals surface area contributed by atoms with Gasteiger partial charge >= 0.3 is 0 Å². The molecule has 7 heteroatoms. The van der Waals surface area contributed by atoms with Gasteiger partial charge in [0.05, 0.1) is 6.54 Å². The molecule has 4 rings (SSSR count). The number of halogens is 1. The van der Waals surface area contributed by atoms with E-state index in [1.807, 2.05) is 12.1 Å². The van der Waals surface area contributed by atoms with Gasteiger partial charge in [0.1, 0.15) is 5.82 Å². The van der Waals surface area contributed by atoms with E-state index in [0.29, 0.717) is 17.8 Å². The number of rotatable bonds is 5. The van der Waals surface area contributed by atoms with Crippen molar-refractivity contribution < 1.29 is 18.7 Å². The molecule has 0 aliphatic carbocycles. The van der Waals surface area contributed by atoms with E-state index in [-0.39, 0.29) is 18.5 Å². The number of piperazine rings is 1. The van der Waals surface area contributed by atoms with Crippen LogP contribution in [-0.2, 0) is 11.3 Å². The molecule has 2 aromatic carbocycles. The summed E-state index contributed by atoms with van der Waals surface area (Å²) < 4.78 is 24.4. The van der Waals surface area contributed by atoms with Crippen molar-refractivity contribution in [3.8, 4) is 11.5 Å². The fourth-order valence-electron chi connectivity index (χ4n) is 3.48. The molecule has 28 heavy (non-hydrogen) atoms. The van der Waals surface area contributed by atoms with Crippen LogP contribution in [0.25, 0.3) is 0 Å². The number of ether oxygens (including phenoxy) is 2. The molecule has 2 aliphatic rings. The van der Waals surface area contributed by atoms with Crippen molar-refractivity contribution >= 4 is 11.6 Å². The van der Waals surface area contributed by atoms with Gasteiger partial charge in [0.15, 0.2) is 11.5 Å². The molecule has 0 aromatic heterocycles. The zero-order valence-corrected chi connectivity index (χ0v) is 15.9. The number of hydrogen-bond donors (Lipinski definition) is 1. The Hall–Kier alpha value is -2.64. The lowest BCUT2D eigenvalue weighted by atomic mass is 10.1. The van der Waals surface area contributed by atoms with E-state index >= 15 is 0 Å². The van der Waals surface area contributed by atoms with E-state index in [0.717, 1.165) is 44.2 Å². The second-order valence-electron chi connectivity index (χ2n) is 7.25. The minimum atomic E-state index is -0.310. The van der Waals surface area contributed by atoms with Crippen molar-refractivity contribution in [3.05, 3.63) is 53.3 Å². The molecule has 0 radical (unpaired) electrons. The Balaban J connectivity index is 1.23. The van der Waals surface area contributed by atoms with Crippen LogP contribution in [0, 0.1) is 12.7 Å². The van der Waals surface area contributed by atoms with Gasteiger partial charge in [-0.1, -0.05) is 12.1 Å². The first-order valence-corrected chi connectivity index (χ1v) is 9.46. The molecule has 2 aliphatic heterocycles. The predicted molar refractivity (Wildman–Crippen MR) is 104 cm³/mol.